The molecular formula is C11H18N2O6. The average Bonchev–Trinajstić information content (AvgIpc) is 2.29. The van der Waals surface area contributed by atoms with Gasteiger partial charge in [0.25, 0.3) is 0 Å². The highest BCUT2D eigenvalue weighted by molar-refractivity contribution is 5.83. The van der Waals surface area contributed by atoms with Crippen molar-refractivity contribution in [2.45, 2.75) is 38.6 Å². The van der Waals surface area contributed by atoms with Crippen molar-refractivity contribution in [2.75, 3.05) is 6.54 Å². The molecule has 2 amide bonds. The van der Waals surface area contributed by atoms with Gasteiger partial charge >= 0.3 is 18.0 Å². The van der Waals surface area contributed by atoms with Gasteiger partial charge in [-0.3, -0.25) is 4.79 Å². The average molecular weight is 274 g/mol. The summed E-state index contributed by atoms with van der Waals surface area (Å²) in [5, 5.41) is 21.8. The number of ketones is 1. The lowest BCUT2D eigenvalue weighted by molar-refractivity contribution is -0.140. The van der Waals surface area contributed by atoms with Crippen molar-refractivity contribution in [2.24, 2.45) is 0 Å². The van der Waals surface area contributed by atoms with Crippen LogP contribution >= 0.6 is 0 Å². The maximum atomic E-state index is 11.3. The molecule has 0 aromatic heterocycles. The van der Waals surface area contributed by atoms with Crippen LogP contribution in [0.25, 0.3) is 0 Å². The fourth-order valence-electron chi connectivity index (χ4n) is 1.27. The summed E-state index contributed by atoms with van der Waals surface area (Å²) >= 11 is 0. The second-order valence-corrected chi connectivity index (χ2v) is 4.03. The Kier molecular flexibility index (Phi) is 7.90. The maximum Gasteiger partial charge on any atom is 0.326 e. The molecule has 8 nitrogen and oxygen atoms in total. The van der Waals surface area contributed by atoms with E-state index in [1.54, 1.807) is 0 Å². The van der Waals surface area contributed by atoms with Gasteiger partial charge in [0, 0.05) is 19.4 Å². The minimum Gasteiger partial charge on any atom is -0.481 e. The number of carboxylic acids is 2. The first-order valence-corrected chi connectivity index (χ1v) is 5.81. The number of Topliss-reactive ketones (excluding diaryl/α,β-unsaturated/α-hetero) is 1. The monoisotopic (exact) mass is 274 g/mol. The van der Waals surface area contributed by atoms with Gasteiger partial charge in [-0.1, -0.05) is 0 Å². The van der Waals surface area contributed by atoms with Crippen molar-refractivity contribution in [1.82, 2.24) is 10.6 Å². The Hall–Kier alpha value is -2.12. The van der Waals surface area contributed by atoms with E-state index in [2.05, 4.69) is 10.6 Å². The first-order valence-electron chi connectivity index (χ1n) is 5.81. The summed E-state index contributed by atoms with van der Waals surface area (Å²) in [6.07, 6.45) is 0.268. The van der Waals surface area contributed by atoms with Crippen LogP contribution in [0.3, 0.4) is 0 Å². The van der Waals surface area contributed by atoms with Gasteiger partial charge in [-0.25, -0.2) is 9.59 Å². The molecule has 0 radical (unpaired) electrons. The number of nitrogens with one attached hydrogen (secondary N) is 2. The van der Waals surface area contributed by atoms with Crippen LogP contribution in [-0.2, 0) is 14.4 Å². The van der Waals surface area contributed by atoms with Crippen LogP contribution < -0.4 is 10.6 Å². The molecule has 1 atom stereocenters. The number of rotatable bonds is 9. The minimum atomic E-state index is -1.29. The Bertz CT molecular complexity index is 355. The highest BCUT2D eigenvalue weighted by Gasteiger charge is 2.20. The van der Waals surface area contributed by atoms with Gasteiger partial charge in [0.2, 0.25) is 0 Å². The minimum absolute atomic E-state index is 0.00655. The number of hydrogen-bond acceptors (Lipinski definition) is 4. The zero-order valence-electron chi connectivity index (χ0n) is 10.6. The molecule has 0 saturated carbocycles. The van der Waals surface area contributed by atoms with Crippen LogP contribution in [0.2, 0.25) is 0 Å². The van der Waals surface area contributed by atoms with Crippen molar-refractivity contribution in [3.63, 3.8) is 0 Å². The Morgan fingerprint density at radius 2 is 1.74 bits per heavy atom. The fraction of sp³-hybridized carbons (Fsp3) is 0.636. The van der Waals surface area contributed by atoms with Crippen molar-refractivity contribution in [1.29, 1.82) is 0 Å². The third-order valence-corrected chi connectivity index (χ3v) is 2.24. The van der Waals surface area contributed by atoms with E-state index in [4.69, 9.17) is 10.2 Å². The molecule has 0 bridgehead atoms. The molecule has 0 saturated heterocycles. The smallest absolute Gasteiger partial charge is 0.326 e. The Balaban J connectivity index is 3.99. The zero-order chi connectivity index (χ0) is 14.8. The predicted octanol–water partition coefficient (Wildman–Crippen LogP) is -0.0272. The first kappa shape index (κ1) is 16.9. The number of urea groups is 1. The summed E-state index contributed by atoms with van der Waals surface area (Å²) < 4.78 is 0. The van der Waals surface area contributed by atoms with Gasteiger partial charge in [-0.05, 0) is 19.8 Å². The van der Waals surface area contributed by atoms with E-state index in [0.717, 1.165) is 0 Å². The Morgan fingerprint density at radius 1 is 1.11 bits per heavy atom. The largest absolute Gasteiger partial charge is 0.481 e. The molecule has 1 unspecified atom stereocenters. The normalized spacial score (nSPS) is 11.4. The number of aliphatic carboxylic acids is 2. The molecule has 0 aliphatic carbocycles. The fourth-order valence-corrected chi connectivity index (χ4v) is 1.27. The van der Waals surface area contributed by atoms with Crippen LogP contribution in [0, 0.1) is 0 Å². The van der Waals surface area contributed by atoms with E-state index in [9.17, 15) is 19.2 Å². The van der Waals surface area contributed by atoms with E-state index in [-0.39, 0.29) is 25.2 Å². The molecule has 0 aliphatic rings. The molecule has 0 aromatic rings. The van der Waals surface area contributed by atoms with Crippen molar-refractivity contribution < 1.29 is 29.4 Å². The van der Waals surface area contributed by atoms with E-state index in [0.29, 0.717) is 12.8 Å². The van der Waals surface area contributed by atoms with Gasteiger partial charge in [-0.15, -0.1) is 0 Å². The van der Waals surface area contributed by atoms with E-state index >= 15 is 0 Å². The number of hydrogen-bond donors (Lipinski definition) is 4. The highest BCUT2D eigenvalue weighted by atomic mass is 16.4. The van der Waals surface area contributed by atoms with Gasteiger partial charge in [0.1, 0.15) is 11.8 Å². The number of carbonyl (C=O) groups is 4. The van der Waals surface area contributed by atoms with Crippen LogP contribution in [-0.4, -0.2) is 46.6 Å². The quantitative estimate of drug-likeness (QED) is 0.436. The summed E-state index contributed by atoms with van der Waals surface area (Å²) in [6.45, 7) is 1.68. The second kappa shape index (κ2) is 8.90. The summed E-state index contributed by atoms with van der Waals surface area (Å²) in [5.41, 5.74) is 0. The van der Waals surface area contributed by atoms with E-state index < -0.39 is 24.0 Å². The molecule has 0 spiro atoms. The molecular weight excluding hydrogens is 256 g/mol. The summed E-state index contributed by atoms with van der Waals surface area (Å²) in [7, 11) is 0. The SMILES string of the molecule is CC(=O)CCCNC(=O)NC(CCC(=O)O)C(=O)O. The molecule has 108 valence electrons. The maximum absolute atomic E-state index is 11.3. The van der Waals surface area contributed by atoms with E-state index in [1.807, 2.05) is 0 Å². The number of carbonyl (C=O) groups excluding carboxylic acids is 2. The summed E-state index contributed by atoms with van der Waals surface area (Å²) in [6, 6.07) is -1.94. The van der Waals surface area contributed by atoms with E-state index in [1.165, 1.54) is 6.92 Å². The number of carboxylic acid groups (broad SMARTS) is 2. The molecule has 4 N–H and O–H groups in total. The highest BCUT2D eigenvalue weighted by Crippen LogP contribution is 1.98. The second-order valence-electron chi connectivity index (χ2n) is 4.03. The van der Waals surface area contributed by atoms with Crippen molar-refractivity contribution in [3.8, 4) is 0 Å². The Morgan fingerprint density at radius 3 is 2.21 bits per heavy atom. The standard InChI is InChI=1S/C11H18N2O6/c1-7(14)3-2-6-12-11(19)13-8(10(17)18)4-5-9(15)16/h8H,2-6H2,1H3,(H,15,16)(H,17,18)(H2,12,13,19). The molecule has 8 heteroatoms. The first-order chi connectivity index (χ1) is 8.82. The van der Waals surface area contributed by atoms with Crippen LogP contribution in [0.4, 0.5) is 4.79 Å². The van der Waals surface area contributed by atoms with Crippen LogP contribution in [0.15, 0.2) is 0 Å². The van der Waals surface area contributed by atoms with Gasteiger partial charge in [0.15, 0.2) is 0 Å². The van der Waals surface area contributed by atoms with Crippen LogP contribution in [0.5, 0.6) is 0 Å². The third kappa shape index (κ3) is 9.57. The lowest BCUT2D eigenvalue weighted by atomic mass is 10.1. The lowest BCUT2D eigenvalue weighted by Crippen LogP contribution is -2.46. The topological polar surface area (TPSA) is 133 Å². The van der Waals surface area contributed by atoms with Gasteiger partial charge in [-0.2, -0.15) is 0 Å². The van der Waals surface area contributed by atoms with Crippen LogP contribution in [0.1, 0.15) is 32.6 Å². The molecule has 0 rings (SSSR count). The molecule has 0 aliphatic heterocycles. The summed E-state index contributed by atoms with van der Waals surface area (Å²) in [5.74, 6) is -2.41. The van der Waals surface area contributed by atoms with Crippen molar-refractivity contribution in [3.05, 3.63) is 0 Å². The predicted molar refractivity (Wildman–Crippen MR) is 64.7 cm³/mol. The molecule has 0 fully saturated rings. The van der Waals surface area contributed by atoms with Gasteiger partial charge in [0.05, 0.1) is 0 Å². The lowest BCUT2D eigenvalue weighted by Gasteiger charge is -2.14. The van der Waals surface area contributed by atoms with Gasteiger partial charge < -0.3 is 25.6 Å². The molecule has 19 heavy (non-hydrogen) atoms. The zero-order valence-corrected chi connectivity index (χ0v) is 10.6. The van der Waals surface area contributed by atoms with Crippen molar-refractivity contribution >= 4 is 23.8 Å². The Labute approximate surface area is 110 Å². The third-order valence-electron chi connectivity index (χ3n) is 2.24. The summed E-state index contributed by atoms with van der Waals surface area (Å²) in [4.78, 5) is 43.1. The molecule has 0 heterocycles. The number of amides is 2. The molecule has 0 aromatic carbocycles.